The maximum atomic E-state index is 12.4. The number of anilines is 1. The molecule has 0 unspecified atom stereocenters. The lowest BCUT2D eigenvalue weighted by molar-refractivity contribution is -0.142. The molecule has 1 heterocycles. The highest BCUT2D eigenvalue weighted by atomic mass is 35.5. The predicted molar refractivity (Wildman–Crippen MR) is 82.1 cm³/mol. The van der Waals surface area contributed by atoms with Crippen molar-refractivity contribution in [3.63, 3.8) is 0 Å². The van der Waals surface area contributed by atoms with Gasteiger partial charge in [-0.15, -0.1) is 0 Å². The minimum absolute atomic E-state index is 0.0705. The molecule has 1 aliphatic carbocycles. The first kappa shape index (κ1) is 14.7. The average Bonchev–Trinajstić information content (AvgIpc) is 2.66. The quantitative estimate of drug-likeness (QED) is 0.475. The number of amides is 2. The molecule has 2 fully saturated rings. The fourth-order valence-electron chi connectivity index (χ4n) is 3.13. The van der Waals surface area contributed by atoms with Crippen LogP contribution < -0.4 is 4.90 Å². The number of carbonyl (C=O) groups is 2. The van der Waals surface area contributed by atoms with Crippen LogP contribution in [0.1, 0.15) is 32.1 Å². The van der Waals surface area contributed by atoms with Gasteiger partial charge >= 0.3 is 11.8 Å². The van der Waals surface area contributed by atoms with E-state index in [0.29, 0.717) is 5.69 Å². The molecule has 1 saturated heterocycles. The lowest BCUT2D eigenvalue weighted by Crippen LogP contribution is -2.50. The summed E-state index contributed by atoms with van der Waals surface area (Å²) in [6.07, 6.45) is 4.87. The first-order valence-electron chi connectivity index (χ1n) is 7.14. The Morgan fingerprint density at radius 3 is 2.19 bits per heavy atom. The Kier molecular flexibility index (Phi) is 3.84. The van der Waals surface area contributed by atoms with E-state index < -0.39 is 16.4 Å². The molecule has 0 bridgehead atoms. The molecular formula is C15H16Cl2N2O2. The first-order valence-corrected chi connectivity index (χ1v) is 7.90. The third-order valence-electron chi connectivity index (χ3n) is 4.12. The smallest absolute Gasteiger partial charge is 0.282 e. The molecule has 3 rings (SSSR count). The van der Waals surface area contributed by atoms with Gasteiger partial charge in [0.05, 0.1) is 0 Å². The summed E-state index contributed by atoms with van der Waals surface area (Å²) in [5, 5.41) is 0. The molecular weight excluding hydrogens is 311 g/mol. The zero-order chi connectivity index (χ0) is 15.0. The van der Waals surface area contributed by atoms with Crippen molar-refractivity contribution in [2.75, 3.05) is 4.90 Å². The maximum absolute atomic E-state index is 12.4. The van der Waals surface area contributed by atoms with Crippen LogP contribution in [-0.4, -0.2) is 27.3 Å². The molecule has 1 aromatic rings. The highest BCUT2D eigenvalue weighted by Crippen LogP contribution is 2.43. The van der Waals surface area contributed by atoms with Crippen LogP contribution in [-0.2, 0) is 9.59 Å². The van der Waals surface area contributed by atoms with Gasteiger partial charge in [-0.05, 0) is 25.0 Å². The summed E-state index contributed by atoms with van der Waals surface area (Å²) in [5.74, 6) is -1.28. The molecule has 0 N–H and O–H groups in total. The van der Waals surface area contributed by atoms with Crippen LogP contribution in [0.25, 0.3) is 0 Å². The minimum atomic E-state index is -1.66. The second kappa shape index (κ2) is 5.50. The van der Waals surface area contributed by atoms with Crippen LogP contribution in [0.4, 0.5) is 5.69 Å². The van der Waals surface area contributed by atoms with E-state index in [-0.39, 0.29) is 6.04 Å². The number of alkyl halides is 2. The second-order valence-electron chi connectivity index (χ2n) is 5.45. The Balaban J connectivity index is 1.97. The number of hydrogen-bond donors (Lipinski definition) is 0. The Bertz CT molecular complexity index is 556. The second-order valence-corrected chi connectivity index (χ2v) is 6.70. The lowest BCUT2D eigenvalue weighted by atomic mass is 9.94. The average molecular weight is 327 g/mol. The first-order chi connectivity index (χ1) is 10.0. The lowest BCUT2D eigenvalue weighted by Gasteiger charge is -2.38. The summed E-state index contributed by atoms with van der Waals surface area (Å²) in [7, 11) is 0. The number of halogens is 2. The normalized spacial score (nSPS) is 23.0. The molecule has 0 spiro atoms. The highest BCUT2D eigenvalue weighted by Gasteiger charge is 2.57. The van der Waals surface area contributed by atoms with Crippen LogP contribution in [0.15, 0.2) is 30.3 Å². The topological polar surface area (TPSA) is 40.6 Å². The molecule has 1 aliphatic heterocycles. The van der Waals surface area contributed by atoms with Crippen molar-refractivity contribution in [1.29, 1.82) is 0 Å². The van der Waals surface area contributed by atoms with Gasteiger partial charge in [0.1, 0.15) is 0 Å². The van der Waals surface area contributed by atoms with Gasteiger partial charge in [0, 0.05) is 11.7 Å². The monoisotopic (exact) mass is 326 g/mol. The molecule has 1 saturated carbocycles. The maximum Gasteiger partial charge on any atom is 0.320 e. The van der Waals surface area contributed by atoms with E-state index >= 15 is 0 Å². The van der Waals surface area contributed by atoms with Gasteiger partial charge in [-0.3, -0.25) is 19.4 Å². The van der Waals surface area contributed by atoms with Crippen molar-refractivity contribution >= 4 is 40.7 Å². The number of para-hydroxylation sites is 1. The van der Waals surface area contributed by atoms with E-state index in [9.17, 15) is 9.59 Å². The molecule has 0 atom stereocenters. The van der Waals surface area contributed by atoms with Crippen LogP contribution in [0.5, 0.6) is 0 Å². The summed E-state index contributed by atoms with van der Waals surface area (Å²) < 4.78 is -1.66. The van der Waals surface area contributed by atoms with Gasteiger partial charge in [-0.1, -0.05) is 60.7 Å². The number of nitrogens with zero attached hydrogens (tertiary/aromatic N) is 2. The van der Waals surface area contributed by atoms with Crippen LogP contribution in [0.3, 0.4) is 0 Å². The largest absolute Gasteiger partial charge is 0.320 e. The van der Waals surface area contributed by atoms with Crippen LogP contribution >= 0.6 is 23.2 Å². The number of benzene rings is 1. The third kappa shape index (κ3) is 2.40. The highest BCUT2D eigenvalue weighted by molar-refractivity contribution is 6.59. The van der Waals surface area contributed by atoms with Crippen LogP contribution in [0, 0.1) is 0 Å². The van der Waals surface area contributed by atoms with Gasteiger partial charge < -0.3 is 0 Å². The Morgan fingerprint density at radius 2 is 1.57 bits per heavy atom. The standard InChI is InChI=1S/C15H16Cl2N2O2/c16-15(17)18(11-7-3-1-4-8-11)13(20)14(21)19(15)12-9-5-2-6-10-12/h1,3-4,7-8,12H,2,5-6,9-10H2. The molecule has 2 amide bonds. The summed E-state index contributed by atoms with van der Waals surface area (Å²) in [6, 6.07) is 8.75. The van der Waals surface area contributed by atoms with Crippen molar-refractivity contribution in [1.82, 2.24) is 4.90 Å². The van der Waals surface area contributed by atoms with E-state index in [4.69, 9.17) is 23.2 Å². The summed E-state index contributed by atoms with van der Waals surface area (Å²) in [5.41, 5.74) is 0.527. The van der Waals surface area contributed by atoms with Crippen molar-refractivity contribution in [2.24, 2.45) is 0 Å². The van der Waals surface area contributed by atoms with Gasteiger partial charge in [0.2, 0.25) is 0 Å². The number of carbonyl (C=O) groups excluding carboxylic acids is 2. The molecule has 4 nitrogen and oxygen atoms in total. The molecule has 1 aromatic carbocycles. The molecule has 2 aliphatic rings. The fourth-order valence-corrected chi connectivity index (χ4v) is 3.90. The number of rotatable bonds is 2. The molecule has 21 heavy (non-hydrogen) atoms. The van der Waals surface area contributed by atoms with Gasteiger partial charge in [-0.2, -0.15) is 0 Å². The van der Waals surface area contributed by atoms with Crippen molar-refractivity contribution < 1.29 is 9.59 Å². The SMILES string of the molecule is O=C1C(=O)N(C2CCCCC2)C(Cl)(Cl)N1c1ccccc1. The van der Waals surface area contributed by atoms with Crippen molar-refractivity contribution in [3.05, 3.63) is 30.3 Å². The molecule has 6 heteroatoms. The van der Waals surface area contributed by atoms with E-state index in [1.54, 1.807) is 24.3 Å². The number of hydrogen-bond acceptors (Lipinski definition) is 2. The third-order valence-corrected chi connectivity index (χ3v) is 4.82. The molecule has 112 valence electrons. The van der Waals surface area contributed by atoms with Gasteiger partial charge in [0.15, 0.2) is 0 Å². The summed E-state index contributed by atoms with van der Waals surface area (Å²) in [4.78, 5) is 27.2. The Hall–Kier alpha value is -1.26. The fraction of sp³-hybridized carbons (Fsp3) is 0.467. The zero-order valence-electron chi connectivity index (χ0n) is 11.5. The van der Waals surface area contributed by atoms with Crippen molar-refractivity contribution in [2.45, 2.75) is 42.7 Å². The van der Waals surface area contributed by atoms with E-state index in [1.807, 2.05) is 6.07 Å². The van der Waals surface area contributed by atoms with E-state index in [1.165, 1.54) is 9.80 Å². The Labute approximate surface area is 133 Å². The van der Waals surface area contributed by atoms with Crippen molar-refractivity contribution in [3.8, 4) is 0 Å². The Morgan fingerprint density at radius 1 is 0.952 bits per heavy atom. The van der Waals surface area contributed by atoms with E-state index in [2.05, 4.69) is 0 Å². The van der Waals surface area contributed by atoms with Crippen LogP contribution in [0.2, 0.25) is 0 Å². The van der Waals surface area contributed by atoms with E-state index in [0.717, 1.165) is 32.1 Å². The minimum Gasteiger partial charge on any atom is -0.282 e. The van der Waals surface area contributed by atoms with Gasteiger partial charge in [-0.25, -0.2) is 0 Å². The van der Waals surface area contributed by atoms with Gasteiger partial charge in [0.25, 0.3) is 4.58 Å². The molecule has 0 aromatic heterocycles. The predicted octanol–water partition coefficient (Wildman–Crippen LogP) is 3.28. The summed E-state index contributed by atoms with van der Waals surface area (Å²) >= 11 is 12.9. The zero-order valence-corrected chi connectivity index (χ0v) is 13.0. The summed E-state index contributed by atoms with van der Waals surface area (Å²) in [6.45, 7) is 0. The molecule has 0 radical (unpaired) electrons.